The van der Waals surface area contributed by atoms with E-state index in [9.17, 15) is 8.78 Å². The van der Waals surface area contributed by atoms with E-state index in [-0.39, 0.29) is 10.8 Å². The van der Waals surface area contributed by atoms with Gasteiger partial charge in [0.1, 0.15) is 10.8 Å². The van der Waals surface area contributed by atoms with Crippen molar-refractivity contribution in [1.82, 2.24) is 9.78 Å². The average molecular weight is 223 g/mol. The standard InChI is InChI=1S/C9H13ClF2N2/c1-6(2)3-4-14-8(10)5-7(13-14)9(11)12/h5-6,9H,3-4H2,1-2H3. The normalized spacial score (nSPS) is 11.6. The maximum Gasteiger partial charge on any atom is 0.282 e. The van der Waals surface area contributed by atoms with Gasteiger partial charge in [-0.05, 0) is 12.3 Å². The minimum atomic E-state index is -2.55. The van der Waals surface area contributed by atoms with Gasteiger partial charge in [0.15, 0.2) is 0 Å². The zero-order valence-electron chi connectivity index (χ0n) is 8.17. The van der Waals surface area contributed by atoms with Crippen LogP contribution >= 0.6 is 11.6 Å². The lowest BCUT2D eigenvalue weighted by atomic mass is 10.1. The van der Waals surface area contributed by atoms with E-state index in [0.717, 1.165) is 6.42 Å². The van der Waals surface area contributed by atoms with Gasteiger partial charge in [0.2, 0.25) is 0 Å². The lowest BCUT2D eigenvalue weighted by Gasteiger charge is -2.05. The predicted octanol–water partition coefficient (Wildman–Crippen LogP) is 3.52. The highest BCUT2D eigenvalue weighted by molar-refractivity contribution is 6.29. The fourth-order valence-electron chi connectivity index (χ4n) is 1.06. The first-order valence-electron chi connectivity index (χ1n) is 4.52. The van der Waals surface area contributed by atoms with Crippen LogP contribution in [0.4, 0.5) is 8.78 Å². The van der Waals surface area contributed by atoms with E-state index in [1.165, 1.54) is 10.7 Å². The molecule has 0 saturated carbocycles. The van der Waals surface area contributed by atoms with Crippen molar-refractivity contribution in [2.24, 2.45) is 5.92 Å². The van der Waals surface area contributed by atoms with Crippen molar-refractivity contribution in [3.63, 3.8) is 0 Å². The number of nitrogens with zero attached hydrogens (tertiary/aromatic N) is 2. The molecule has 0 bridgehead atoms. The molecule has 80 valence electrons. The van der Waals surface area contributed by atoms with E-state index in [2.05, 4.69) is 18.9 Å². The van der Waals surface area contributed by atoms with Crippen LogP contribution in [-0.4, -0.2) is 9.78 Å². The Bertz CT molecular complexity index is 297. The zero-order valence-corrected chi connectivity index (χ0v) is 8.93. The SMILES string of the molecule is CC(C)CCn1nc(C(F)F)cc1Cl. The summed E-state index contributed by atoms with van der Waals surface area (Å²) in [7, 11) is 0. The highest BCUT2D eigenvalue weighted by Crippen LogP contribution is 2.21. The summed E-state index contributed by atoms with van der Waals surface area (Å²) in [5, 5.41) is 3.99. The molecule has 0 aliphatic heterocycles. The molecule has 0 aliphatic rings. The first-order valence-corrected chi connectivity index (χ1v) is 4.90. The van der Waals surface area contributed by atoms with Gasteiger partial charge in [-0.2, -0.15) is 5.10 Å². The number of halogens is 3. The molecule has 0 radical (unpaired) electrons. The van der Waals surface area contributed by atoms with Crippen molar-refractivity contribution >= 4 is 11.6 Å². The molecule has 0 spiro atoms. The summed E-state index contributed by atoms with van der Waals surface area (Å²) in [6.45, 7) is 4.71. The van der Waals surface area contributed by atoms with Gasteiger partial charge in [-0.1, -0.05) is 25.4 Å². The summed E-state index contributed by atoms with van der Waals surface area (Å²) in [5.74, 6) is 0.505. The Kier molecular flexibility index (Phi) is 3.86. The molecular weight excluding hydrogens is 210 g/mol. The van der Waals surface area contributed by atoms with Gasteiger partial charge < -0.3 is 0 Å². The molecule has 1 heterocycles. The van der Waals surface area contributed by atoms with Crippen molar-refractivity contribution in [1.29, 1.82) is 0 Å². The average Bonchev–Trinajstić information content (AvgIpc) is 2.43. The smallest absolute Gasteiger partial charge is 0.254 e. The van der Waals surface area contributed by atoms with Gasteiger partial charge in [0.25, 0.3) is 6.43 Å². The topological polar surface area (TPSA) is 17.8 Å². The Hall–Kier alpha value is -0.640. The van der Waals surface area contributed by atoms with Crippen LogP contribution in [0.15, 0.2) is 6.07 Å². The van der Waals surface area contributed by atoms with Crippen molar-refractivity contribution in [2.45, 2.75) is 33.2 Å². The second-order valence-corrected chi connectivity index (χ2v) is 3.99. The van der Waals surface area contributed by atoms with Crippen LogP contribution < -0.4 is 0 Å². The maximum atomic E-state index is 12.2. The minimum absolute atomic E-state index is 0.251. The summed E-state index contributed by atoms with van der Waals surface area (Å²) in [6, 6.07) is 1.21. The third kappa shape index (κ3) is 2.94. The van der Waals surface area contributed by atoms with E-state index in [1.807, 2.05) is 0 Å². The number of aryl methyl sites for hydroxylation is 1. The number of alkyl halides is 2. The highest BCUT2D eigenvalue weighted by atomic mass is 35.5. The number of hydrogen-bond donors (Lipinski definition) is 0. The second kappa shape index (κ2) is 4.73. The van der Waals surface area contributed by atoms with Crippen molar-refractivity contribution < 1.29 is 8.78 Å². The molecule has 1 aromatic rings. The van der Waals surface area contributed by atoms with E-state index < -0.39 is 6.43 Å². The third-order valence-electron chi connectivity index (χ3n) is 1.89. The second-order valence-electron chi connectivity index (χ2n) is 3.60. The summed E-state index contributed by atoms with van der Waals surface area (Å²) in [4.78, 5) is 0. The quantitative estimate of drug-likeness (QED) is 0.762. The van der Waals surface area contributed by atoms with Crippen LogP contribution in [-0.2, 0) is 6.54 Å². The number of rotatable bonds is 4. The van der Waals surface area contributed by atoms with Crippen LogP contribution in [0.2, 0.25) is 5.15 Å². The van der Waals surface area contributed by atoms with Crippen molar-refractivity contribution in [2.75, 3.05) is 0 Å². The Labute approximate surface area is 86.9 Å². The Balaban J connectivity index is 2.67. The third-order valence-corrected chi connectivity index (χ3v) is 2.20. The van der Waals surface area contributed by atoms with Gasteiger partial charge >= 0.3 is 0 Å². The molecule has 0 saturated heterocycles. The molecule has 5 heteroatoms. The first-order chi connectivity index (χ1) is 6.50. The number of aromatic nitrogens is 2. The lowest BCUT2D eigenvalue weighted by Crippen LogP contribution is -2.04. The van der Waals surface area contributed by atoms with Crippen LogP contribution in [0.25, 0.3) is 0 Å². The van der Waals surface area contributed by atoms with E-state index in [1.54, 1.807) is 0 Å². The molecule has 14 heavy (non-hydrogen) atoms. The summed E-state index contributed by atoms with van der Waals surface area (Å²) in [6.07, 6.45) is -1.67. The molecule has 0 aromatic carbocycles. The van der Waals surface area contributed by atoms with Crippen LogP contribution in [0.1, 0.15) is 32.4 Å². The molecule has 0 N–H and O–H groups in total. The highest BCUT2D eigenvalue weighted by Gasteiger charge is 2.14. The monoisotopic (exact) mass is 222 g/mol. The van der Waals surface area contributed by atoms with E-state index >= 15 is 0 Å². The Morgan fingerprint density at radius 2 is 2.14 bits per heavy atom. The molecular formula is C9H13ClF2N2. The van der Waals surface area contributed by atoms with Crippen LogP contribution in [0, 0.1) is 5.92 Å². The largest absolute Gasteiger partial charge is 0.282 e. The molecule has 0 fully saturated rings. The zero-order chi connectivity index (χ0) is 10.7. The fourth-order valence-corrected chi connectivity index (χ4v) is 1.29. The van der Waals surface area contributed by atoms with Gasteiger partial charge in [0, 0.05) is 12.6 Å². The van der Waals surface area contributed by atoms with Crippen LogP contribution in [0.3, 0.4) is 0 Å². The molecule has 0 unspecified atom stereocenters. The number of hydrogen-bond acceptors (Lipinski definition) is 1. The molecule has 1 aromatic heterocycles. The minimum Gasteiger partial charge on any atom is -0.254 e. The summed E-state index contributed by atoms with van der Waals surface area (Å²) in [5.41, 5.74) is -0.251. The van der Waals surface area contributed by atoms with Gasteiger partial charge in [0.05, 0.1) is 0 Å². The predicted molar refractivity (Wildman–Crippen MR) is 51.6 cm³/mol. The molecule has 1 rings (SSSR count). The van der Waals surface area contributed by atoms with Gasteiger partial charge in [-0.25, -0.2) is 8.78 Å². The van der Waals surface area contributed by atoms with E-state index in [4.69, 9.17) is 11.6 Å². The van der Waals surface area contributed by atoms with Crippen molar-refractivity contribution in [3.8, 4) is 0 Å². The molecule has 0 atom stereocenters. The van der Waals surface area contributed by atoms with E-state index in [0.29, 0.717) is 12.5 Å². The molecule has 0 amide bonds. The molecule has 0 aliphatic carbocycles. The van der Waals surface area contributed by atoms with Crippen molar-refractivity contribution in [3.05, 3.63) is 16.9 Å². The van der Waals surface area contributed by atoms with Crippen LogP contribution in [0.5, 0.6) is 0 Å². The lowest BCUT2D eigenvalue weighted by molar-refractivity contribution is 0.145. The molecule has 2 nitrogen and oxygen atoms in total. The van der Waals surface area contributed by atoms with Gasteiger partial charge in [-0.15, -0.1) is 0 Å². The summed E-state index contributed by atoms with van der Waals surface area (Å²) < 4.78 is 25.9. The Morgan fingerprint density at radius 3 is 2.57 bits per heavy atom. The first kappa shape index (κ1) is 11.4. The fraction of sp³-hybridized carbons (Fsp3) is 0.667. The van der Waals surface area contributed by atoms with Gasteiger partial charge in [-0.3, -0.25) is 4.68 Å². The summed E-state index contributed by atoms with van der Waals surface area (Å²) >= 11 is 5.74. The maximum absolute atomic E-state index is 12.2. The Morgan fingerprint density at radius 1 is 1.50 bits per heavy atom.